The van der Waals surface area contributed by atoms with E-state index in [4.69, 9.17) is 5.84 Å². The van der Waals surface area contributed by atoms with Crippen LogP contribution in [0.3, 0.4) is 0 Å². The second kappa shape index (κ2) is 3.88. The first-order valence-corrected chi connectivity index (χ1v) is 3.72. The molecule has 0 aromatic heterocycles. The zero-order valence-electron chi connectivity index (χ0n) is 6.90. The zero-order valence-corrected chi connectivity index (χ0v) is 6.90. The van der Waals surface area contributed by atoms with Crippen molar-refractivity contribution in [1.29, 1.82) is 0 Å². The first-order chi connectivity index (χ1) is 5.75. The summed E-state index contributed by atoms with van der Waals surface area (Å²) in [5, 5.41) is 1.38. The summed E-state index contributed by atoms with van der Waals surface area (Å²) in [7, 11) is 0. The Labute approximate surface area is 71.8 Å². The van der Waals surface area contributed by atoms with Crippen molar-refractivity contribution < 1.29 is 4.79 Å². The van der Waals surface area contributed by atoms with Gasteiger partial charge in [-0.25, -0.2) is 5.84 Å². The van der Waals surface area contributed by atoms with E-state index in [9.17, 15) is 4.79 Å². The fourth-order valence-corrected chi connectivity index (χ4v) is 0.881. The van der Waals surface area contributed by atoms with Crippen LogP contribution in [0, 0.1) is 0 Å². The first kappa shape index (κ1) is 8.74. The number of nitrogens with two attached hydrogens (primary N) is 1. The number of anilines is 1. The number of hydrazine groups is 1. The summed E-state index contributed by atoms with van der Waals surface area (Å²) >= 11 is 0. The standard InChI is InChI=1S/C9H11N2O/c1-8(7-12)11(10)9-5-3-2-4-6-9/h2-6,8H,10H2,1H3. The van der Waals surface area contributed by atoms with E-state index in [0.29, 0.717) is 0 Å². The topological polar surface area (TPSA) is 46.3 Å². The largest absolute Gasteiger partial charge is 0.300 e. The van der Waals surface area contributed by atoms with Gasteiger partial charge in [0.05, 0.1) is 5.69 Å². The van der Waals surface area contributed by atoms with Crippen LogP contribution in [-0.4, -0.2) is 12.3 Å². The van der Waals surface area contributed by atoms with Crippen molar-refractivity contribution >= 4 is 12.0 Å². The van der Waals surface area contributed by atoms with Gasteiger partial charge in [-0.05, 0) is 19.1 Å². The van der Waals surface area contributed by atoms with E-state index in [0.717, 1.165) is 5.69 Å². The van der Waals surface area contributed by atoms with Crippen LogP contribution >= 0.6 is 0 Å². The molecular weight excluding hydrogens is 152 g/mol. The molecule has 2 N–H and O–H groups in total. The lowest BCUT2D eigenvalue weighted by Gasteiger charge is -2.20. The summed E-state index contributed by atoms with van der Waals surface area (Å²) in [4.78, 5) is 10.3. The molecule has 0 aliphatic rings. The molecule has 3 nitrogen and oxygen atoms in total. The molecule has 1 rings (SSSR count). The van der Waals surface area contributed by atoms with Gasteiger partial charge in [0.25, 0.3) is 0 Å². The van der Waals surface area contributed by atoms with Crippen LogP contribution in [0.5, 0.6) is 0 Å². The minimum atomic E-state index is -0.410. The van der Waals surface area contributed by atoms with Gasteiger partial charge in [0.2, 0.25) is 6.29 Å². The van der Waals surface area contributed by atoms with E-state index < -0.39 is 6.04 Å². The van der Waals surface area contributed by atoms with E-state index in [1.165, 1.54) is 5.01 Å². The molecule has 0 heterocycles. The van der Waals surface area contributed by atoms with E-state index in [1.807, 2.05) is 36.6 Å². The normalized spacial score (nSPS) is 12.2. The summed E-state index contributed by atoms with van der Waals surface area (Å²) in [5.41, 5.74) is 0.813. The monoisotopic (exact) mass is 163 g/mol. The molecule has 1 unspecified atom stereocenters. The predicted molar refractivity (Wildman–Crippen MR) is 48.3 cm³/mol. The summed E-state index contributed by atoms with van der Waals surface area (Å²) in [6, 6.07) is 8.90. The molecular formula is C9H11N2O. The van der Waals surface area contributed by atoms with Crippen LogP contribution in [0.2, 0.25) is 0 Å². The molecule has 0 spiro atoms. The third-order valence-corrected chi connectivity index (χ3v) is 1.64. The lowest BCUT2D eigenvalue weighted by atomic mass is 10.2. The van der Waals surface area contributed by atoms with Crippen LogP contribution in [-0.2, 0) is 4.79 Å². The zero-order chi connectivity index (χ0) is 8.97. The molecule has 1 aromatic carbocycles. The molecule has 0 aliphatic carbocycles. The molecule has 0 saturated heterocycles. The first-order valence-electron chi connectivity index (χ1n) is 3.72. The molecule has 0 aliphatic heterocycles. The summed E-state index contributed by atoms with van der Waals surface area (Å²) in [6.07, 6.45) is 1.81. The van der Waals surface area contributed by atoms with Gasteiger partial charge < -0.3 is 5.01 Å². The Morgan fingerprint density at radius 2 is 2.00 bits per heavy atom. The second-order valence-electron chi connectivity index (χ2n) is 2.54. The van der Waals surface area contributed by atoms with Crippen LogP contribution in [0.25, 0.3) is 0 Å². The molecule has 3 heteroatoms. The summed E-state index contributed by atoms with van der Waals surface area (Å²) < 4.78 is 0. The predicted octanol–water partition coefficient (Wildman–Crippen LogP) is 0.865. The Bertz CT molecular complexity index is 248. The Hall–Kier alpha value is -1.35. The lowest BCUT2D eigenvalue weighted by Crippen LogP contribution is -2.40. The SMILES string of the molecule is CC([C]=O)N(N)c1ccccc1. The molecule has 0 bridgehead atoms. The minimum absolute atomic E-state index is 0.410. The van der Waals surface area contributed by atoms with Crippen molar-refractivity contribution in [3.8, 4) is 0 Å². The third-order valence-electron chi connectivity index (χ3n) is 1.64. The second-order valence-corrected chi connectivity index (χ2v) is 2.54. The number of hydrogen-bond donors (Lipinski definition) is 1. The molecule has 1 atom stereocenters. The molecule has 0 saturated carbocycles. The number of nitrogens with zero attached hydrogens (tertiary/aromatic N) is 1. The molecule has 0 fully saturated rings. The molecule has 12 heavy (non-hydrogen) atoms. The van der Waals surface area contributed by atoms with Crippen molar-refractivity contribution in [2.24, 2.45) is 5.84 Å². The fraction of sp³-hybridized carbons (Fsp3) is 0.222. The van der Waals surface area contributed by atoms with Crippen molar-refractivity contribution in [2.75, 3.05) is 5.01 Å². The van der Waals surface area contributed by atoms with Crippen molar-refractivity contribution in [3.63, 3.8) is 0 Å². The smallest absolute Gasteiger partial charge is 0.224 e. The lowest BCUT2D eigenvalue weighted by molar-refractivity contribution is 0.540. The van der Waals surface area contributed by atoms with Crippen LogP contribution in [0.15, 0.2) is 30.3 Å². The third kappa shape index (κ3) is 1.83. The number of hydrogen-bond acceptors (Lipinski definition) is 3. The van der Waals surface area contributed by atoms with Gasteiger partial charge >= 0.3 is 0 Å². The highest BCUT2D eigenvalue weighted by atomic mass is 16.1. The number of benzene rings is 1. The van der Waals surface area contributed by atoms with Crippen molar-refractivity contribution in [1.82, 2.24) is 0 Å². The molecule has 1 radical (unpaired) electrons. The minimum Gasteiger partial charge on any atom is -0.300 e. The van der Waals surface area contributed by atoms with E-state index in [1.54, 1.807) is 6.92 Å². The molecule has 0 amide bonds. The van der Waals surface area contributed by atoms with Crippen LogP contribution in [0.4, 0.5) is 5.69 Å². The highest BCUT2D eigenvalue weighted by Gasteiger charge is 2.08. The van der Waals surface area contributed by atoms with Crippen molar-refractivity contribution in [3.05, 3.63) is 30.3 Å². The average Bonchev–Trinajstić information content (AvgIpc) is 2.17. The Kier molecular flexibility index (Phi) is 2.82. The molecule has 63 valence electrons. The Morgan fingerprint density at radius 3 is 2.50 bits per heavy atom. The van der Waals surface area contributed by atoms with Gasteiger partial charge in [0.15, 0.2) is 0 Å². The van der Waals surface area contributed by atoms with Gasteiger partial charge in [-0.2, -0.15) is 0 Å². The summed E-state index contributed by atoms with van der Waals surface area (Å²) in [5.74, 6) is 5.62. The van der Waals surface area contributed by atoms with Gasteiger partial charge in [-0.15, -0.1) is 0 Å². The van der Waals surface area contributed by atoms with Crippen LogP contribution in [0.1, 0.15) is 6.92 Å². The van der Waals surface area contributed by atoms with E-state index in [2.05, 4.69) is 0 Å². The maximum atomic E-state index is 10.3. The maximum Gasteiger partial charge on any atom is 0.224 e. The maximum absolute atomic E-state index is 10.3. The fourth-order valence-electron chi connectivity index (χ4n) is 0.881. The van der Waals surface area contributed by atoms with Gasteiger partial charge in [0.1, 0.15) is 6.04 Å². The number of para-hydroxylation sites is 1. The van der Waals surface area contributed by atoms with Gasteiger partial charge in [0, 0.05) is 0 Å². The Balaban J connectivity index is 2.78. The average molecular weight is 163 g/mol. The van der Waals surface area contributed by atoms with E-state index >= 15 is 0 Å². The van der Waals surface area contributed by atoms with Gasteiger partial charge in [-0.1, -0.05) is 18.2 Å². The van der Waals surface area contributed by atoms with Crippen molar-refractivity contribution in [2.45, 2.75) is 13.0 Å². The number of carbonyl (C=O) groups excluding carboxylic acids is 1. The summed E-state index contributed by atoms with van der Waals surface area (Å²) in [6.45, 7) is 1.69. The highest BCUT2D eigenvalue weighted by molar-refractivity contribution is 5.65. The van der Waals surface area contributed by atoms with Crippen LogP contribution < -0.4 is 10.9 Å². The Morgan fingerprint density at radius 1 is 1.42 bits per heavy atom. The quantitative estimate of drug-likeness (QED) is 0.531. The molecule has 1 aromatic rings. The van der Waals surface area contributed by atoms with E-state index in [-0.39, 0.29) is 0 Å². The number of rotatable bonds is 3. The van der Waals surface area contributed by atoms with Gasteiger partial charge in [-0.3, -0.25) is 4.79 Å². The highest BCUT2D eigenvalue weighted by Crippen LogP contribution is 2.10.